The number of aryl methyl sites for hydroxylation is 2. The molecule has 2 heterocycles. The maximum absolute atomic E-state index is 12.3. The normalized spacial score (nSPS) is 15.6. The van der Waals surface area contributed by atoms with Gasteiger partial charge in [-0.15, -0.1) is 0 Å². The summed E-state index contributed by atoms with van der Waals surface area (Å²) in [5.41, 5.74) is 5.25. The van der Waals surface area contributed by atoms with Gasteiger partial charge in [0.05, 0.1) is 10.7 Å². The van der Waals surface area contributed by atoms with E-state index in [0.29, 0.717) is 28.9 Å². The lowest BCUT2D eigenvalue weighted by atomic mass is 9.99. The second kappa shape index (κ2) is 6.18. The van der Waals surface area contributed by atoms with Crippen LogP contribution in [0, 0.1) is 6.92 Å². The summed E-state index contributed by atoms with van der Waals surface area (Å²) in [5.74, 6) is 0.796. The van der Waals surface area contributed by atoms with Gasteiger partial charge in [0.2, 0.25) is 0 Å². The number of rotatable bonds is 1. The zero-order valence-electron chi connectivity index (χ0n) is 14.8. The number of hydrogen-bond donors (Lipinski definition) is 0. The van der Waals surface area contributed by atoms with Gasteiger partial charge in [-0.1, -0.05) is 23.2 Å². The average Bonchev–Trinajstić information content (AvgIpc) is 3.13. The van der Waals surface area contributed by atoms with Crippen molar-refractivity contribution in [2.45, 2.75) is 32.7 Å². The van der Waals surface area contributed by atoms with Crippen molar-refractivity contribution in [2.24, 2.45) is 0 Å². The highest BCUT2D eigenvalue weighted by molar-refractivity contribution is 6.36. The first-order chi connectivity index (χ1) is 13.0. The highest BCUT2D eigenvalue weighted by Crippen LogP contribution is 2.40. The summed E-state index contributed by atoms with van der Waals surface area (Å²) in [6.07, 6.45) is 2.72. The monoisotopic (exact) mass is 401 g/mol. The lowest BCUT2D eigenvalue weighted by Gasteiger charge is -2.32. The second-order valence-corrected chi connectivity index (χ2v) is 7.98. The van der Waals surface area contributed by atoms with Crippen molar-refractivity contribution in [3.63, 3.8) is 0 Å². The molecule has 0 unspecified atom stereocenters. The number of halogens is 2. The van der Waals surface area contributed by atoms with Crippen molar-refractivity contribution in [2.75, 3.05) is 11.6 Å². The third-order valence-electron chi connectivity index (χ3n) is 5.50. The van der Waals surface area contributed by atoms with Crippen molar-refractivity contribution in [1.82, 2.24) is 0 Å². The van der Waals surface area contributed by atoms with Gasteiger partial charge in [-0.3, -0.25) is 0 Å². The Morgan fingerprint density at radius 3 is 2.74 bits per heavy atom. The van der Waals surface area contributed by atoms with Gasteiger partial charge in [0, 0.05) is 33.6 Å². The third kappa shape index (κ3) is 2.62. The van der Waals surface area contributed by atoms with Gasteiger partial charge in [-0.2, -0.15) is 0 Å². The highest BCUT2D eigenvalue weighted by Gasteiger charge is 2.27. The smallest absolute Gasteiger partial charge is 0.339 e. The summed E-state index contributed by atoms with van der Waals surface area (Å²) in [7, 11) is 0. The van der Waals surface area contributed by atoms with Crippen LogP contribution in [0.15, 0.2) is 33.5 Å². The van der Waals surface area contributed by atoms with Crippen molar-refractivity contribution in [3.8, 4) is 5.75 Å². The fraction of sp³-hybridized carbons (Fsp3) is 0.286. The molecule has 2 aliphatic rings. The molecule has 0 atom stereocenters. The number of hydrogen-bond acceptors (Lipinski definition) is 4. The zero-order valence-corrected chi connectivity index (χ0v) is 16.3. The third-order valence-corrected chi connectivity index (χ3v) is 6.03. The molecule has 0 spiro atoms. The van der Waals surface area contributed by atoms with E-state index in [9.17, 15) is 4.79 Å². The molecule has 138 valence electrons. The Morgan fingerprint density at radius 2 is 1.93 bits per heavy atom. The molecule has 0 saturated carbocycles. The molecule has 4 nitrogen and oxygen atoms in total. The zero-order chi connectivity index (χ0) is 18.7. The first-order valence-corrected chi connectivity index (χ1v) is 9.72. The molecular weight excluding hydrogens is 385 g/mol. The van der Waals surface area contributed by atoms with Crippen LogP contribution in [0.2, 0.25) is 10.0 Å². The predicted octanol–water partition coefficient (Wildman–Crippen LogP) is 5.25. The van der Waals surface area contributed by atoms with E-state index >= 15 is 0 Å². The molecule has 6 heteroatoms. The minimum Gasteiger partial charge on any atom is -0.472 e. The number of benzene rings is 2. The van der Waals surface area contributed by atoms with Gasteiger partial charge >= 0.3 is 5.63 Å². The molecule has 1 aliphatic carbocycles. The van der Waals surface area contributed by atoms with Crippen LogP contribution in [-0.4, -0.2) is 6.73 Å². The standard InChI is InChI=1S/C21H17Cl2NO3/c1-11-19-12(7-16-14-3-2-4-15(14)21(25)27-20(11)16)9-24(10-26-19)18-6-5-13(22)8-17(18)23/h5-8H,2-4,9-10H2,1H3. The minimum atomic E-state index is -0.205. The molecule has 0 amide bonds. The highest BCUT2D eigenvalue weighted by atomic mass is 35.5. The molecular formula is C21H17Cl2NO3. The predicted molar refractivity (Wildman–Crippen MR) is 107 cm³/mol. The molecule has 0 saturated heterocycles. The van der Waals surface area contributed by atoms with Crippen molar-refractivity contribution in [3.05, 3.63) is 67.0 Å². The molecule has 2 aromatic carbocycles. The summed E-state index contributed by atoms with van der Waals surface area (Å²) in [6, 6.07) is 7.58. The Bertz CT molecular complexity index is 1150. The van der Waals surface area contributed by atoms with E-state index in [2.05, 4.69) is 11.0 Å². The van der Waals surface area contributed by atoms with Crippen LogP contribution in [0.3, 0.4) is 0 Å². The van der Waals surface area contributed by atoms with E-state index in [0.717, 1.165) is 58.3 Å². The van der Waals surface area contributed by atoms with Crippen molar-refractivity contribution in [1.29, 1.82) is 0 Å². The van der Waals surface area contributed by atoms with E-state index in [1.807, 2.05) is 19.1 Å². The van der Waals surface area contributed by atoms with Crippen LogP contribution >= 0.6 is 23.2 Å². The number of anilines is 1. The summed E-state index contributed by atoms with van der Waals surface area (Å²) in [4.78, 5) is 14.4. The molecule has 0 radical (unpaired) electrons. The topological polar surface area (TPSA) is 42.7 Å². The van der Waals surface area contributed by atoms with Crippen LogP contribution in [0.25, 0.3) is 11.0 Å². The first-order valence-electron chi connectivity index (χ1n) is 8.97. The molecule has 1 aliphatic heterocycles. The van der Waals surface area contributed by atoms with Crippen LogP contribution in [0.5, 0.6) is 5.75 Å². The van der Waals surface area contributed by atoms with Crippen LogP contribution in [0.1, 0.15) is 28.7 Å². The van der Waals surface area contributed by atoms with Crippen molar-refractivity contribution >= 4 is 39.9 Å². The fourth-order valence-electron chi connectivity index (χ4n) is 4.23. The van der Waals surface area contributed by atoms with Crippen LogP contribution < -0.4 is 15.3 Å². The van der Waals surface area contributed by atoms with Gasteiger partial charge in [0.1, 0.15) is 11.3 Å². The van der Waals surface area contributed by atoms with Crippen molar-refractivity contribution < 1.29 is 9.15 Å². The Kier molecular flexibility index (Phi) is 3.88. The lowest BCUT2D eigenvalue weighted by Crippen LogP contribution is -2.32. The summed E-state index contributed by atoms with van der Waals surface area (Å²) in [6.45, 7) is 2.99. The molecule has 0 bridgehead atoms. The number of nitrogens with zero attached hydrogens (tertiary/aromatic N) is 1. The fourth-order valence-corrected chi connectivity index (χ4v) is 4.76. The molecule has 5 rings (SSSR count). The maximum Gasteiger partial charge on any atom is 0.339 e. The Morgan fingerprint density at radius 1 is 1.11 bits per heavy atom. The Balaban J connectivity index is 1.64. The maximum atomic E-state index is 12.3. The van der Waals surface area contributed by atoms with E-state index in [1.54, 1.807) is 6.07 Å². The van der Waals surface area contributed by atoms with E-state index in [1.165, 1.54) is 0 Å². The van der Waals surface area contributed by atoms with E-state index in [-0.39, 0.29) is 5.63 Å². The van der Waals surface area contributed by atoms with E-state index in [4.69, 9.17) is 32.4 Å². The average molecular weight is 402 g/mol. The molecule has 27 heavy (non-hydrogen) atoms. The van der Waals surface area contributed by atoms with E-state index < -0.39 is 0 Å². The molecule has 3 aromatic rings. The SMILES string of the molecule is Cc1c2c(cc3c4c(c(=O)oc13)CCC4)CN(c1ccc(Cl)cc1Cl)CO2. The molecule has 0 fully saturated rings. The van der Waals surface area contributed by atoms with Crippen LogP contribution in [0.4, 0.5) is 5.69 Å². The van der Waals surface area contributed by atoms with Gasteiger partial charge in [0.15, 0.2) is 6.73 Å². The minimum absolute atomic E-state index is 0.205. The van der Waals surface area contributed by atoms with Gasteiger partial charge in [-0.25, -0.2) is 4.79 Å². The first kappa shape index (κ1) is 17.0. The summed E-state index contributed by atoms with van der Waals surface area (Å²) < 4.78 is 11.7. The number of ether oxygens (including phenoxy) is 1. The van der Waals surface area contributed by atoms with Gasteiger partial charge in [0.25, 0.3) is 0 Å². The Labute approximate surface area is 166 Å². The summed E-state index contributed by atoms with van der Waals surface area (Å²) in [5, 5.41) is 2.24. The summed E-state index contributed by atoms with van der Waals surface area (Å²) >= 11 is 12.4. The molecule has 1 aromatic heterocycles. The van der Waals surface area contributed by atoms with Crippen LogP contribution in [-0.2, 0) is 19.4 Å². The second-order valence-electron chi connectivity index (χ2n) is 7.13. The van der Waals surface area contributed by atoms with Gasteiger partial charge in [-0.05, 0) is 56.0 Å². The molecule has 0 N–H and O–H groups in total. The van der Waals surface area contributed by atoms with Gasteiger partial charge < -0.3 is 14.1 Å². The quantitative estimate of drug-likeness (QED) is 0.522. The largest absolute Gasteiger partial charge is 0.472 e. The Hall–Kier alpha value is -2.17. The number of fused-ring (bicyclic) bond motifs is 4. The lowest BCUT2D eigenvalue weighted by molar-refractivity contribution is 0.287.